The zero-order valence-corrected chi connectivity index (χ0v) is 19.1. The second-order valence-electron chi connectivity index (χ2n) is 7.98. The van der Waals surface area contributed by atoms with Crippen molar-refractivity contribution in [1.29, 1.82) is 0 Å². The fraction of sp³-hybridized carbons (Fsp3) is 0.417. The lowest BCUT2D eigenvalue weighted by molar-refractivity contribution is 0.0925. The van der Waals surface area contributed by atoms with Gasteiger partial charge in [-0.1, -0.05) is 31.0 Å². The maximum absolute atomic E-state index is 13.9. The Hall–Kier alpha value is -2.52. The largest absolute Gasteiger partial charge is 0.496 e. The van der Waals surface area contributed by atoms with Crippen LogP contribution in [-0.4, -0.2) is 30.7 Å². The molecule has 0 aliphatic heterocycles. The fourth-order valence-electron chi connectivity index (χ4n) is 4.43. The smallest absolute Gasteiger partial charge is 0.243 e. The average molecular weight is 427 g/mol. The molecule has 5 nitrogen and oxygen atoms in total. The highest BCUT2D eigenvalue weighted by Crippen LogP contribution is 2.55. The van der Waals surface area contributed by atoms with Gasteiger partial charge in [0.15, 0.2) is 13.6 Å². The molecular weight excluding hydrogens is 399 g/mol. The van der Waals surface area contributed by atoms with Gasteiger partial charge >= 0.3 is 0 Å². The van der Waals surface area contributed by atoms with Gasteiger partial charge < -0.3 is 9.47 Å². The molecule has 1 aliphatic rings. The van der Waals surface area contributed by atoms with Crippen molar-refractivity contribution >= 4 is 19.1 Å². The molecule has 1 radical (unpaired) electrons. The van der Waals surface area contributed by atoms with Crippen molar-refractivity contribution in [1.82, 2.24) is 0 Å². The lowest BCUT2D eigenvalue weighted by atomic mass is 9.93. The molecule has 2 aromatic rings. The minimum Gasteiger partial charge on any atom is -0.496 e. The highest BCUT2D eigenvalue weighted by molar-refractivity contribution is 7.67. The summed E-state index contributed by atoms with van der Waals surface area (Å²) in [6.45, 7) is 5.55. The summed E-state index contributed by atoms with van der Waals surface area (Å²) in [6.07, 6.45) is 2.34. The van der Waals surface area contributed by atoms with E-state index in [1.165, 1.54) is 14.2 Å². The molecule has 1 atom stereocenters. The molecule has 0 heterocycles. The van der Waals surface area contributed by atoms with E-state index in [4.69, 9.17) is 9.47 Å². The minimum absolute atomic E-state index is 0.269. The number of Topliss-reactive ketones (excluding diaryl/α,β-unsaturated/α-hetero) is 1. The van der Waals surface area contributed by atoms with Crippen LogP contribution in [0.25, 0.3) is 0 Å². The Kier molecular flexibility index (Phi) is 6.42. The predicted octanol–water partition coefficient (Wildman–Crippen LogP) is 5.79. The SMILES string of the molecule is COc1cc(C)cc(OC)c1C(=O)C1([P](=O)C(=O)c2c(C)cccc2C)CCCC1. The van der Waals surface area contributed by atoms with Gasteiger partial charge in [0.1, 0.15) is 22.2 Å². The average Bonchev–Trinajstić information content (AvgIpc) is 3.22. The molecule has 1 saturated carbocycles. The van der Waals surface area contributed by atoms with Crippen molar-refractivity contribution in [2.45, 2.75) is 51.6 Å². The van der Waals surface area contributed by atoms with Gasteiger partial charge in [0.25, 0.3) is 0 Å². The molecular formula is C24H28O5P. The summed E-state index contributed by atoms with van der Waals surface area (Å²) in [5, 5.41) is -1.24. The molecule has 30 heavy (non-hydrogen) atoms. The van der Waals surface area contributed by atoms with Crippen molar-refractivity contribution in [3.8, 4) is 11.5 Å². The Morgan fingerprint density at radius 1 is 0.900 bits per heavy atom. The Morgan fingerprint density at radius 3 is 1.87 bits per heavy atom. The number of benzene rings is 2. The van der Waals surface area contributed by atoms with Crippen molar-refractivity contribution in [2.24, 2.45) is 0 Å². The van der Waals surface area contributed by atoms with Gasteiger partial charge in [0, 0.05) is 5.56 Å². The quantitative estimate of drug-likeness (QED) is 0.413. The normalized spacial score (nSPS) is 15.6. The van der Waals surface area contributed by atoms with Crippen LogP contribution in [0.1, 0.15) is 63.1 Å². The van der Waals surface area contributed by atoms with E-state index >= 15 is 0 Å². The number of hydrogen-bond donors (Lipinski definition) is 0. The number of carbonyl (C=O) groups excluding carboxylic acids is 2. The number of hydrogen-bond acceptors (Lipinski definition) is 5. The molecule has 1 fully saturated rings. The predicted molar refractivity (Wildman–Crippen MR) is 118 cm³/mol. The van der Waals surface area contributed by atoms with Crippen LogP contribution < -0.4 is 9.47 Å². The van der Waals surface area contributed by atoms with Crippen LogP contribution in [0.4, 0.5) is 0 Å². The number of rotatable bonds is 7. The molecule has 0 N–H and O–H groups in total. The van der Waals surface area contributed by atoms with Crippen LogP contribution >= 0.6 is 7.80 Å². The van der Waals surface area contributed by atoms with Crippen LogP contribution in [0, 0.1) is 20.8 Å². The van der Waals surface area contributed by atoms with Crippen molar-refractivity contribution in [2.75, 3.05) is 14.2 Å². The molecule has 0 amide bonds. The molecule has 0 saturated heterocycles. The third-order valence-electron chi connectivity index (χ3n) is 6.00. The molecule has 0 bridgehead atoms. The first-order valence-corrected chi connectivity index (χ1v) is 11.4. The monoisotopic (exact) mass is 427 g/mol. The van der Waals surface area contributed by atoms with Crippen LogP contribution in [0.2, 0.25) is 0 Å². The number of methoxy groups -OCH3 is 2. The Bertz CT molecular complexity index is 973. The molecule has 1 aliphatic carbocycles. The van der Waals surface area contributed by atoms with Crippen molar-refractivity contribution in [3.05, 3.63) is 58.1 Å². The topological polar surface area (TPSA) is 69.7 Å². The summed E-state index contributed by atoms with van der Waals surface area (Å²) in [4.78, 5) is 27.3. The molecule has 3 rings (SSSR count). The minimum atomic E-state index is -2.49. The Labute approximate surface area is 178 Å². The maximum atomic E-state index is 13.9. The van der Waals surface area contributed by atoms with Crippen LogP contribution in [0.5, 0.6) is 11.5 Å². The molecule has 2 aromatic carbocycles. The number of ether oxygens (including phenoxy) is 2. The third-order valence-corrected chi connectivity index (χ3v) is 8.02. The number of ketones is 1. The molecule has 0 aromatic heterocycles. The van der Waals surface area contributed by atoms with Gasteiger partial charge in [-0.3, -0.25) is 14.2 Å². The highest BCUT2D eigenvalue weighted by atomic mass is 31.1. The van der Waals surface area contributed by atoms with E-state index in [0.717, 1.165) is 29.5 Å². The van der Waals surface area contributed by atoms with Crippen molar-refractivity contribution in [3.63, 3.8) is 0 Å². The third kappa shape index (κ3) is 3.67. The van der Waals surface area contributed by atoms with Crippen molar-refractivity contribution < 1.29 is 23.6 Å². The van der Waals surface area contributed by atoms with E-state index in [1.807, 2.05) is 39.0 Å². The standard InChI is InChI=1S/C24H28O5P/c1-15-13-18(28-4)21(19(14-15)29-5)22(25)24(11-6-7-12-24)30(27)23(26)20-16(2)9-8-10-17(20)3/h8-10,13-14H,6-7,11-12H2,1-5H3. The Morgan fingerprint density at radius 2 is 1.40 bits per heavy atom. The lowest BCUT2D eigenvalue weighted by Crippen LogP contribution is -2.34. The molecule has 159 valence electrons. The Balaban J connectivity index is 2.13. The second-order valence-corrected chi connectivity index (χ2v) is 9.83. The molecule has 6 heteroatoms. The number of aryl methyl sites for hydroxylation is 3. The first-order valence-electron chi connectivity index (χ1n) is 10.1. The van der Waals surface area contributed by atoms with Gasteiger partial charge in [-0.25, -0.2) is 0 Å². The first kappa shape index (κ1) is 22.2. The first-order chi connectivity index (χ1) is 14.3. The van der Waals surface area contributed by atoms with E-state index in [0.29, 0.717) is 29.9 Å². The summed E-state index contributed by atoms with van der Waals surface area (Å²) in [7, 11) is 0.498. The maximum Gasteiger partial charge on any atom is 0.243 e. The summed E-state index contributed by atoms with van der Waals surface area (Å²) >= 11 is 0. The summed E-state index contributed by atoms with van der Waals surface area (Å²) < 4.78 is 24.7. The summed E-state index contributed by atoms with van der Waals surface area (Å²) in [5.74, 6) is 0.437. The lowest BCUT2D eigenvalue weighted by Gasteiger charge is -2.27. The van der Waals surface area contributed by atoms with E-state index in [1.54, 1.807) is 12.1 Å². The summed E-state index contributed by atoms with van der Waals surface area (Å²) in [5.41, 5.74) is 2.71. The van der Waals surface area contributed by atoms with Crippen LogP contribution in [0.15, 0.2) is 30.3 Å². The van der Waals surface area contributed by atoms with E-state index in [-0.39, 0.29) is 11.3 Å². The van der Waals surface area contributed by atoms with Crippen LogP contribution in [0.3, 0.4) is 0 Å². The van der Waals surface area contributed by atoms with Gasteiger partial charge in [-0.2, -0.15) is 0 Å². The van der Waals surface area contributed by atoms with Gasteiger partial charge in [0.2, 0.25) is 5.52 Å². The highest BCUT2D eigenvalue weighted by Gasteiger charge is 2.51. The van der Waals surface area contributed by atoms with Gasteiger partial charge in [-0.05, 0) is 62.4 Å². The second kappa shape index (κ2) is 8.69. The summed E-state index contributed by atoms with van der Waals surface area (Å²) in [6, 6.07) is 9.06. The zero-order chi connectivity index (χ0) is 22.1. The zero-order valence-electron chi connectivity index (χ0n) is 18.2. The molecule has 1 unspecified atom stereocenters. The van der Waals surface area contributed by atoms with E-state index in [9.17, 15) is 14.2 Å². The van der Waals surface area contributed by atoms with Crippen LogP contribution in [-0.2, 0) is 4.57 Å². The number of carbonyl (C=O) groups is 2. The fourth-order valence-corrected chi connectivity index (χ4v) is 6.39. The van der Waals surface area contributed by atoms with Gasteiger partial charge in [0.05, 0.1) is 14.2 Å². The van der Waals surface area contributed by atoms with E-state index in [2.05, 4.69) is 0 Å². The molecule has 0 spiro atoms. The van der Waals surface area contributed by atoms with E-state index < -0.39 is 18.5 Å². The van der Waals surface area contributed by atoms with Gasteiger partial charge in [-0.15, -0.1) is 0 Å².